The Balaban J connectivity index is 1.57. The second-order valence-electron chi connectivity index (χ2n) is 5.74. The lowest BCUT2D eigenvalue weighted by Gasteiger charge is -2.09. The molecule has 0 fully saturated rings. The number of halogens is 1. The first-order chi connectivity index (χ1) is 12.1. The summed E-state index contributed by atoms with van der Waals surface area (Å²) in [7, 11) is 0. The Morgan fingerprint density at radius 2 is 1.88 bits per heavy atom. The predicted molar refractivity (Wildman–Crippen MR) is 98.8 cm³/mol. The molecule has 1 atom stereocenters. The van der Waals surface area contributed by atoms with Crippen LogP contribution in [-0.2, 0) is 11.2 Å². The van der Waals surface area contributed by atoms with Crippen LogP contribution in [0, 0.1) is 0 Å². The summed E-state index contributed by atoms with van der Waals surface area (Å²) < 4.78 is 6.27. The summed E-state index contributed by atoms with van der Waals surface area (Å²) in [4.78, 5) is 16.5. The minimum atomic E-state index is -0.333. The van der Waals surface area contributed by atoms with E-state index in [1.807, 2.05) is 61.5 Å². The van der Waals surface area contributed by atoms with Crippen LogP contribution in [0.2, 0.25) is 0 Å². The van der Waals surface area contributed by atoms with E-state index in [2.05, 4.69) is 31.4 Å². The Bertz CT molecular complexity index is 831. The molecule has 128 valence electrons. The van der Waals surface area contributed by atoms with Gasteiger partial charge in [0.05, 0.1) is 0 Å². The number of benzene rings is 2. The van der Waals surface area contributed by atoms with Gasteiger partial charge in [-0.05, 0) is 43.2 Å². The minimum Gasteiger partial charge on any atom is -0.345 e. The van der Waals surface area contributed by atoms with Crippen molar-refractivity contribution < 1.29 is 9.32 Å². The van der Waals surface area contributed by atoms with E-state index < -0.39 is 0 Å². The summed E-state index contributed by atoms with van der Waals surface area (Å²) in [6, 6.07) is 17.2. The molecule has 0 saturated heterocycles. The first-order valence-electron chi connectivity index (χ1n) is 8.04. The largest absolute Gasteiger partial charge is 0.345 e. The van der Waals surface area contributed by atoms with E-state index in [0.29, 0.717) is 24.6 Å². The number of amides is 1. The summed E-state index contributed by atoms with van der Waals surface area (Å²) in [6.07, 6.45) is 1.12. The van der Waals surface area contributed by atoms with Gasteiger partial charge in [-0.3, -0.25) is 4.79 Å². The highest BCUT2D eigenvalue weighted by atomic mass is 79.9. The second-order valence-corrected chi connectivity index (χ2v) is 6.65. The number of nitrogens with one attached hydrogen (secondary N) is 1. The van der Waals surface area contributed by atoms with Crippen LogP contribution in [0.3, 0.4) is 0 Å². The van der Waals surface area contributed by atoms with E-state index in [1.54, 1.807) is 0 Å². The third kappa shape index (κ3) is 4.76. The van der Waals surface area contributed by atoms with E-state index >= 15 is 0 Å². The van der Waals surface area contributed by atoms with Gasteiger partial charge in [-0.25, -0.2) is 0 Å². The maximum atomic E-state index is 12.1. The molecule has 1 N–H and O–H groups in total. The SMILES string of the molecule is C[C@H](NC(=O)CCc1ccccc1)c1nc(-c2ccc(Br)cc2)no1. The Morgan fingerprint density at radius 3 is 2.60 bits per heavy atom. The lowest BCUT2D eigenvalue weighted by molar-refractivity contribution is -0.121. The number of rotatable bonds is 6. The van der Waals surface area contributed by atoms with Crippen molar-refractivity contribution in [3.63, 3.8) is 0 Å². The molecule has 5 nitrogen and oxygen atoms in total. The molecule has 2 aromatic carbocycles. The Kier molecular flexibility index (Phi) is 5.60. The summed E-state index contributed by atoms with van der Waals surface area (Å²) in [5.41, 5.74) is 2.00. The third-order valence-electron chi connectivity index (χ3n) is 3.78. The first-order valence-corrected chi connectivity index (χ1v) is 8.84. The van der Waals surface area contributed by atoms with Crippen LogP contribution < -0.4 is 5.32 Å². The smallest absolute Gasteiger partial charge is 0.249 e. The minimum absolute atomic E-state index is 0.0419. The molecular formula is C19H18BrN3O2. The first kappa shape index (κ1) is 17.4. The highest BCUT2D eigenvalue weighted by molar-refractivity contribution is 9.10. The Labute approximate surface area is 154 Å². The lowest BCUT2D eigenvalue weighted by Crippen LogP contribution is -2.27. The standard InChI is InChI=1S/C19H18BrN3O2/c1-13(21-17(24)12-7-14-5-3-2-4-6-14)19-22-18(23-25-19)15-8-10-16(20)11-9-15/h2-6,8-11,13H,7,12H2,1H3,(H,21,24)/t13-/m0/s1. The molecule has 0 radical (unpaired) electrons. The second kappa shape index (κ2) is 8.07. The van der Waals surface area contributed by atoms with Gasteiger partial charge in [0, 0.05) is 16.5 Å². The molecule has 1 heterocycles. The zero-order valence-corrected chi connectivity index (χ0v) is 15.4. The molecule has 0 spiro atoms. The molecule has 6 heteroatoms. The van der Waals surface area contributed by atoms with Crippen LogP contribution in [0.1, 0.15) is 30.8 Å². The zero-order valence-electron chi connectivity index (χ0n) is 13.8. The van der Waals surface area contributed by atoms with Crippen molar-refractivity contribution in [2.75, 3.05) is 0 Å². The van der Waals surface area contributed by atoms with Gasteiger partial charge in [0.2, 0.25) is 17.6 Å². The van der Waals surface area contributed by atoms with Gasteiger partial charge in [-0.15, -0.1) is 0 Å². The lowest BCUT2D eigenvalue weighted by atomic mass is 10.1. The number of hydrogen-bond donors (Lipinski definition) is 1. The van der Waals surface area contributed by atoms with Crippen molar-refractivity contribution >= 4 is 21.8 Å². The van der Waals surface area contributed by atoms with Crippen molar-refractivity contribution in [1.82, 2.24) is 15.5 Å². The molecule has 0 aliphatic rings. The Morgan fingerprint density at radius 1 is 1.16 bits per heavy atom. The van der Waals surface area contributed by atoms with Crippen LogP contribution in [-0.4, -0.2) is 16.0 Å². The molecule has 0 aliphatic carbocycles. The summed E-state index contributed by atoms with van der Waals surface area (Å²) in [5.74, 6) is 0.860. The van der Waals surface area contributed by atoms with E-state index in [9.17, 15) is 4.79 Å². The fraction of sp³-hybridized carbons (Fsp3) is 0.211. The monoisotopic (exact) mass is 399 g/mol. The predicted octanol–water partition coefficient (Wildman–Crippen LogP) is 4.31. The molecule has 25 heavy (non-hydrogen) atoms. The molecule has 1 aromatic heterocycles. The van der Waals surface area contributed by atoms with Gasteiger partial charge in [0.1, 0.15) is 6.04 Å². The number of carbonyl (C=O) groups excluding carboxylic acids is 1. The van der Waals surface area contributed by atoms with Gasteiger partial charge in [0.15, 0.2) is 0 Å². The van der Waals surface area contributed by atoms with Crippen LogP contribution in [0.5, 0.6) is 0 Å². The van der Waals surface area contributed by atoms with Crippen LogP contribution >= 0.6 is 15.9 Å². The van der Waals surface area contributed by atoms with Crippen molar-refractivity contribution in [2.45, 2.75) is 25.8 Å². The number of carbonyl (C=O) groups is 1. The van der Waals surface area contributed by atoms with Gasteiger partial charge in [-0.1, -0.05) is 51.4 Å². The highest BCUT2D eigenvalue weighted by Gasteiger charge is 2.17. The van der Waals surface area contributed by atoms with Gasteiger partial charge >= 0.3 is 0 Å². The maximum Gasteiger partial charge on any atom is 0.249 e. The molecular weight excluding hydrogens is 382 g/mol. The van der Waals surface area contributed by atoms with Gasteiger partial charge in [-0.2, -0.15) is 4.98 Å². The van der Waals surface area contributed by atoms with Gasteiger partial charge < -0.3 is 9.84 Å². The fourth-order valence-electron chi connectivity index (χ4n) is 2.41. The normalized spacial score (nSPS) is 11.9. The van der Waals surface area contributed by atoms with E-state index in [0.717, 1.165) is 15.6 Å². The van der Waals surface area contributed by atoms with Crippen LogP contribution in [0.4, 0.5) is 0 Å². The molecule has 1 amide bonds. The molecule has 3 rings (SSSR count). The number of aryl methyl sites for hydroxylation is 1. The summed E-state index contributed by atoms with van der Waals surface area (Å²) in [6.45, 7) is 1.83. The van der Waals surface area contributed by atoms with Crippen LogP contribution in [0.25, 0.3) is 11.4 Å². The third-order valence-corrected chi connectivity index (χ3v) is 4.30. The highest BCUT2D eigenvalue weighted by Crippen LogP contribution is 2.21. The quantitative estimate of drug-likeness (QED) is 0.670. The average Bonchev–Trinajstić information content (AvgIpc) is 3.12. The number of aromatic nitrogens is 2. The zero-order chi connectivity index (χ0) is 17.6. The number of hydrogen-bond acceptors (Lipinski definition) is 4. The fourth-order valence-corrected chi connectivity index (χ4v) is 2.67. The molecule has 0 aliphatic heterocycles. The van der Waals surface area contributed by atoms with Gasteiger partial charge in [0.25, 0.3) is 0 Å². The van der Waals surface area contributed by atoms with Crippen molar-refractivity contribution in [1.29, 1.82) is 0 Å². The van der Waals surface area contributed by atoms with Crippen molar-refractivity contribution in [2.24, 2.45) is 0 Å². The summed E-state index contributed by atoms with van der Waals surface area (Å²) in [5, 5.41) is 6.88. The molecule has 0 saturated carbocycles. The summed E-state index contributed by atoms with van der Waals surface area (Å²) >= 11 is 3.39. The molecule has 3 aromatic rings. The van der Waals surface area contributed by atoms with Crippen molar-refractivity contribution in [3.8, 4) is 11.4 Å². The van der Waals surface area contributed by atoms with E-state index in [1.165, 1.54) is 0 Å². The average molecular weight is 400 g/mol. The van der Waals surface area contributed by atoms with E-state index in [-0.39, 0.29) is 11.9 Å². The molecule has 0 unspecified atom stereocenters. The Hall–Kier alpha value is -2.47. The van der Waals surface area contributed by atoms with E-state index in [4.69, 9.17) is 4.52 Å². The van der Waals surface area contributed by atoms with Crippen LogP contribution in [0.15, 0.2) is 63.6 Å². The van der Waals surface area contributed by atoms with Crippen molar-refractivity contribution in [3.05, 3.63) is 70.5 Å². The maximum absolute atomic E-state index is 12.1. The topological polar surface area (TPSA) is 68.0 Å². The number of nitrogens with zero attached hydrogens (tertiary/aromatic N) is 2. The molecule has 0 bridgehead atoms.